The Kier molecular flexibility index (Phi) is 39.7. The number of ether oxygens (including phenoxy) is 1. The van der Waals surface area contributed by atoms with Crippen LogP contribution >= 0.6 is 0 Å². The third kappa shape index (κ3) is 28.3. The number of piperazine rings is 1. The summed E-state index contributed by atoms with van der Waals surface area (Å²) in [5.41, 5.74) is 0. The number of likely N-dealkylation sites (N-methyl/N-ethyl adjacent to an activating group) is 7. The van der Waals surface area contributed by atoms with Gasteiger partial charge in [0.15, 0.2) is 5.78 Å². The zero-order chi connectivity index (χ0) is 78.9. The maximum absolute atomic E-state index is 15.2. The molecule has 1 fully saturated rings. The number of nitrogens with one attached hydrogen (secondary N) is 5. The van der Waals surface area contributed by atoms with Crippen molar-refractivity contribution in [1.82, 2.24) is 65.8 Å². The SMILES string of the molecule is C/C=C/C[C@@H](C)[C@@H](O)C(C(=O)N[C@@H](CC)C(=O)N(C)[C@H](C)C(C)=O)N(C)C(=O)[C@H](C(C)C)N(C)C(=O)[C@H](CC(C)C)N(C)C(=O)[C@H](CC(C)C)N(C)C(=O)[C@@H](C)NC(=O)[C@H](C)NC(=O)[C@H](CC(C)C)N(C)C(=O)[C@@H](NC(=O)[C@@H](NC)[C@H](C)COCC(=O)N1CCN(CCC(F)(F)F)CC1)C(C)C. The zero-order valence-corrected chi connectivity index (χ0v) is 65.8. The molecule has 1 rings (SSSR count). The summed E-state index contributed by atoms with van der Waals surface area (Å²) in [5.74, 6) is -9.98. The Labute approximate surface area is 605 Å². The van der Waals surface area contributed by atoms with Gasteiger partial charge in [-0.3, -0.25) is 62.4 Å². The van der Waals surface area contributed by atoms with Crippen LogP contribution in [0.1, 0.15) is 163 Å². The molecular weight excluding hydrogens is 1330 g/mol. The molecule has 11 amide bonds. The molecule has 1 saturated heterocycles. The van der Waals surface area contributed by atoms with E-state index in [4.69, 9.17) is 4.74 Å². The Morgan fingerprint density at radius 2 is 1.01 bits per heavy atom. The highest BCUT2D eigenvalue weighted by molar-refractivity contribution is 5.99. The van der Waals surface area contributed by atoms with Gasteiger partial charge in [-0.25, -0.2) is 0 Å². The smallest absolute Gasteiger partial charge is 0.390 e. The van der Waals surface area contributed by atoms with Crippen molar-refractivity contribution in [3.63, 3.8) is 0 Å². The lowest BCUT2D eigenvalue weighted by atomic mass is 9.91. The minimum atomic E-state index is -4.27. The number of alkyl halides is 3. The highest BCUT2D eigenvalue weighted by Crippen LogP contribution is 2.26. The fourth-order valence-corrected chi connectivity index (χ4v) is 12.4. The summed E-state index contributed by atoms with van der Waals surface area (Å²) >= 11 is 0. The van der Waals surface area contributed by atoms with E-state index in [0.717, 1.165) is 4.90 Å². The van der Waals surface area contributed by atoms with Gasteiger partial charge in [0.25, 0.3) is 0 Å². The van der Waals surface area contributed by atoms with Crippen LogP contribution in [0.25, 0.3) is 0 Å². The second kappa shape index (κ2) is 43.5. The van der Waals surface area contributed by atoms with Crippen LogP contribution in [0.4, 0.5) is 13.2 Å². The van der Waals surface area contributed by atoms with Crippen molar-refractivity contribution >= 4 is 70.8 Å². The molecule has 14 atom stereocenters. The lowest BCUT2D eigenvalue weighted by Crippen LogP contribution is -2.63. The summed E-state index contributed by atoms with van der Waals surface area (Å²) in [6, 6.07) is -12.9. The molecular formula is C72H128F3N13O14. The molecule has 0 aromatic rings. The first-order valence-electron chi connectivity index (χ1n) is 36.1. The molecule has 0 aromatic carbocycles. The number of aliphatic hydroxyl groups is 1. The van der Waals surface area contributed by atoms with Gasteiger partial charge in [0, 0.05) is 80.9 Å². The second-order valence-corrected chi connectivity index (χ2v) is 29.8. The van der Waals surface area contributed by atoms with Crippen LogP contribution in [0.15, 0.2) is 12.2 Å². The number of halogens is 3. The number of hydrogen-bond donors (Lipinski definition) is 6. The predicted octanol–water partition coefficient (Wildman–Crippen LogP) is 3.70. The number of carbonyl (C=O) groups is 12. The van der Waals surface area contributed by atoms with Gasteiger partial charge in [-0.05, 0) is 109 Å². The average molecular weight is 1460 g/mol. The van der Waals surface area contributed by atoms with Gasteiger partial charge in [-0.15, -0.1) is 0 Å². The third-order valence-electron chi connectivity index (χ3n) is 19.2. The van der Waals surface area contributed by atoms with Crippen LogP contribution in [0, 0.1) is 41.4 Å². The van der Waals surface area contributed by atoms with Gasteiger partial charge in [0.05, 0.1) is 31.2 Å². The van der Waals surface area contributed by atoms with E-state index in [0.29, 0.717) is 19.5 Å². The fourth-order valence-electron chi connectivity index (χ4n) is 12.4. The molecule has 0 radical (unpaired) electrons. The van der Waals surface area contributed by atoms with E-state index in [1.807, 2.05) is 41.5 Å². The highest BCUT2D eigenvalue weighted by Gasteiger charge is 2.46. The number of amides is 11. The minimum absolute atomic E-state index is 0.0389. The summed E-state index contributed by atoms with van der Waals surface area (Å²) in [6.07, 6.45) is -2.28. The van der Waals surface area contributed by atoms with E-state index in [1.165, 1.54) is 92.5 Å². The maximum atomic E-state index is 15.2. The Morgan fingerprint density at radius 1 is 0.529 bits per heavy atom. The Bertz CT molecular complexity index is 2800. The molecule has 1 heterocycles. The van der Waals surface area contributed by atoms with Crippen LogP contribution in [-0.2, 0) is 62.3 Å². The molecule has 0 bridgehead atoms. The Balaban J connectivity index is 3.44. The van der Waals surface area contributed by atoms with Crippen LogP contribution < -0.4 is 26.6 Å². The number of Topliss-reactive ketones (excluding diaryl/α,β-unsaturated/α-hetero) is 1. The Hall–Kier alpha value is -6.79. The number of rotatable bonds is 42. The minimum Gasteiger partial charge on any atom is -0.390 e. The number of aliphatic hydroxyl groups excluding tert-OH is 1. The van der Waals surface area contributed by atoms with Gasteiger partial charge in [0.2, 0.25) is 65.0 Å². The lowest BCUT2D eigenvalue weighted by molar-refractivity contribution is -0.157. The first kappa shape index (κ1) is 93.2. The van der Waals surface area contributed by atoms with Crippen LogP contribution in [-0.4, -0.2) is 289 Å². The molecule has 0 aliphatic carbocycles. The molecule has 6 N–H and O–H groups in total. The molecule has 27 nitrogen and oxygen atoms in total. The summed E-state index contributed by atoms with van der Waals surface area (Å²) in [7, 11) is 10.0. The first-order valence-corrected chi connectivity index (χ1v) is 36.1. The third-order valence-corrected chi connectivity index (χ3v) is 19.2. The summed E-state index contributed by atoms with van der Waals surface area (Å²) < 4.78 is 43.9. The zero-order valence-electron chi connectivity index (χ0n) is 65.8. The molecule has 0 spiro atoms. The molecule has 1 aliphatic rings. The molecule has 102 heavy (non-hydrogen) atoms. The van der Waals surface area contributed by atoms with Gasteiger partial charge in [-0.2, -0.15) is 13.2 Å². The van der Waals surface area contributed by atoms with E-state index < -0.39 is 168 Å². The number of nitrogens with zero attached hydrogens (tertiary/aromatic N) is 8. The summed E-state index contributed by atoms with van der Waals surface area (Å²) in [4.78, 5) is 180. The van der Waals surface area contributed by atoms with Gasteiger partial charge >= 0.3 is 6.18 Å². The van der Waals surface area contributed by atoms with Gasteiger partial charge < -0.3 is 70.7 Å². The van der Waals surface area contributed by atoms with Crippen molar-refractivity contribution in [2.45, 2.75) is 242 Å². The molecule has 1 unspecified atom stereocenters. The van der Waals surface area contributed by atoms with E-state index in [-0.39, 0.29) is 88.0 Å². The predicted molar refractivity (Wildman–Crippen MR) is 384 cm³/mol. The first-order chi connectivity index (χ1) is 47.1. The van der Waals surface area contributed by atoms with Crippen molar-refractivity contribution in [1.29, 1.82) is 0 Å². The monoisotopic (exact) mass is 1460 g/mol. The normalized spacial score (nSPS) is 17.2. The number of hydrogen-bond acceptors (Lipinski definition) is 16. The number of allylic oxidation sites excluding steroid dienone is 2. The topological polar surface area (TPSA) is 320 Å². The number of ketones is 1. The van der Waals surface area contributed by atoms with E-state index >= 15 is 14.4 Å². The van der Waals surface area contributed by atoms with E-state index in [1.54, 1.807) is 86.4 Å². The van der Waals surface area contributed by atoms with Crippen molar-refractivity contribution in [3.8, 4) is 0 Å². The number of carbonyl (C=O) groups excluding carboxylic acids is 12. The van der Waals surface area contributed by atoms with Crippen LogP contribution in [0.5, 0.6) is 0 Å². The van der Waals surface area contributed by atoms with Crippen molar-refractivity contribution in [2.24, 2.45) is 41.4 Å². The molecule has 1 aliphatic heterocycles. The summed E-state index contributed by atoms with van der Waals surface area (Å²) in [5, 5.41) is 25.8. The van der Waals surface area contributed by atoms with E-state index in [9.17, 15) is 61.4 Å². The summed E-state index contributed by atoms with van der Waals surface area (Å²) in [6.45, 7) is 31.2. The van der Waals surface area contributed by atoms with E-state index in [2.05, 4.69) is 26.6 Å². The molecule has 0 saturated carbocycles. The lowest BCUT2D eigenvalue weighted by Gasteiger charge is -2.41. The van der Waals surface area contributed by atoms with Crippen molar-refractivity contribution in [3.05, 3.63) is 12.2 Å². The van der Waals surface area contributed by atoms with Gasteiger partial charge in [-0.1, -0.05) is 102 Å². The van der Waals surface area contributed by atoms with Crippen molar-refractivity contribution < 1.29 is 80.5 Å². The second-order valence-electron chi connectivity index (χ2n) is 29.8. The fraction of sp³-hybridized carbons (Fsp3) is 0.806. The largest absolute Gasteiger partial charge is 0.390 e. The molecule has 586 valence electrons. The van der Waals surface area contributed by atoms with Crippen LogP contribution in [0.2, 0.25) is 0 Å². The standard InChI is InChI=1S/C72H128F3N13O14/c1-26-28-29-46(13)61(91)60(65(95)79-52(27-2)67(97)81(20)50(17)51(18)89)86(25)71(101)59(45(11)12)85(24)69(99)55(38-43(7)8)84(23)68(98)54(37-42(5)6)83(22)66(96)49(16)78-62(92)48(15)77-63(93)53(36-41(3)4)82(21)70(100)57(44(9)10)80-64(94)58(76-19)47(14)39-102-40-56(90)88-34-32-87(33-35-88)31-30-72(73,74)75/h26,28,41-50,52-55,57-61,76,91H,27,29-40H2,1-25H3,(H,77,93)(H,78,92)(H,79,95)(H,80,94)/b28-26+/t46-,47-,48+,49-,50-,52+,53+,54+,55+,57+,58+,59+,60?,61-/m1/s1. The average Bonchev–Trinajstić information content (AvgIpc) is 0.797. The van der Waals surface area contributed by atoms with Crippen molar-refractivity contribution in [2.75, 3.05) is 95.3 Å². The molecule has 30 heteroatoms. The van der Waals surface area contributed by atoms with Crippen LogP contribution in [0.3, 0.4) is 0 Å². The Morgan fingerprint density at radius 3 is 1.47 bits per heavy atom. The quantitative estimate of drug-likeness (QED) is 0.0475. The highest BCUT2D eigenvalue weighted by atomic mass is 19.4. The van der Waals surface area contributed by atoms with Gasteiger partial charge in [0.1, 0.15) is 61.0 Å². The maximum Gasteiger partial charge on any atom is 0.390 e. The molecule has 0 aromatic heterocycles.